The number of esters is 1. The summed E-state index contributed by atoms with van der Waals surface area (Å²) in [4.78, 5) is 25.6. The van der Waals surface area contributed by atoms with E-state index in [1.165, 1.54) is 23.1 Å². The fourth-order valence-corrected chi connectivity index (χ4v) is 3.47. The summed E-state index contributed by atoms with van der Waals surface area (Å²) in [6, 6.07) is 3.60. The number of aromatic nitrogens is 3. The van der Waals surface area contributed by atoms with Gasteiger partial charge in [0.25, 0.3) is 0 Å². The lowest BCUT2D eigenvalue weighted by atomic mass is 10.2. The Kier molecular flexibility index (Phi) is 5.72. The molecule has 0 aliphatic rings. The molecule has 0 aliphatic carbocycles. The van der Waals surface area contributed by atoms with Gasteiger partial charge in [0.2, 0.25) is 5.89 Å². The van der Waals surface area contributed by atoms with Crippen LogP contribution in [0.4, 0.5) is 0 Å². The van der Waals surface area contributed by atoms with Gasteiger partial charge in [-0.25, -0.2) is 15.0 Å². The van der Waals surface area contributed by atoms with Gasteiger partial charge in [0.05, 0.1) is 33.5 Å². The number of nitrogens with zero attached hydrogens (tertiary/aromatic N) is 3. The van der Waals surface area contributed by atoms with Crippen molar-refractivity contribution in [3.05, 3.63) is 34.6 Å². The summed E-state index contributed by atoms with van der Waals surface area (Å²) in [5.41, 5.74) is 1.14. The number of oxazole rings is 1. The highest BCUT2D eigenvalue weighted by molar-refractivity contribution is 7.98. The van der Waals surface area contributed by atoms with E-state index in [1.807, 2.05) is 12.3 Å². The molecule has 0 atom stereocenters. The highest BCUT2D eigenvalue weighted by atomic mass is 35.5. The van der Waals surface area contributed by atoms with Crippen molar-refractivity contribution in [3.8, 4) is 22.1 Å². The van der Waals surface area contributed by atoms with Crippen molar-refractivity contribution in [2.75, 3.05) is 12.9 Å². The first-order chi connectivity index (χ1) is 12.1. The number of halogens is 1. The Morgan fingerprint density at radius 3 is 2.72 bits per heavy atom. The minimum absolute atomic E-state index is 0.0198. The van der Waals surface area contributed by atoms with E-state index in [9.17, 15) is 4.79 Å². The Morgan fingerprint density at radius 1 is 1.36 bits per heavy atom. The van der Waals surface area contributed by atoms with E-state index in [1.54, 1.807) is 25.4 Å². The maximum Gasteiger partial charge on any atom is 0.312 e. The van der Waals surface area contributed by atoms with Crippen molar-refractivity contribution in [3.63, 3.8) is 0 Å². The summed E-state index contributed by atoms with van der Waals surface area (Å²) in [5, 5.41) is 0.660. The van der Waals surface area contributed by atoms with Crippen molar-refractivity contribution in [2.45, 2.75) is 18.5 Å². The largest absolute Gasteiger partial charge is 0.466 e. The maximum absolute atomic E-state index is 11.9. The number of hydrogen-bond acceptors (Lipinski definition) is 8. The van der Waals surface area contributed by atoms with E-state index in [2.05, 4.69) is 15.0 Å². The van der Waals surface area contributed by atoms with Crippen LogP contribution < -0.4 is 0 Å². The van der Waals surface area contributed by atoms with Crippen LogP contribution in [0.15, 0.2) is 34.1 Å². The quantitative estimate of drug-likeness (QED) is 0.349. The maximum atomic E-state index is 11.9. The van der Waals surface area contributed by atoms with Gasteiger partial charge >= 0.3 is 5.97 Å². The van der Waals surface area contributed by atoms with Crippen LogP contribution in [-0.4, -0.2) is 33.8 Å². The lowest BCUT2D eigenvalue weighted by Gasteiger charge is -2.00. The average molecular weight is 396 g/mol. The van der Waals surface area contributed by atoms with Crippen molar-refractivity contribution < 1.29 is 13.9 Å². The second kappa shape index (κ2) is 7.99. The molecule has 0 unspecified atom stereocenters. The minimum Gasteiger partial charge on any atom is -0.466 e. The first-order valence-electron chi connectivity index (χ1n) is 7.38. The Balaban J connectivity index is 1.99. The molecule has 0 amide bonds. The molecule has 3 heterocycles. The summed E-state index contributed by atoms with van der Waals surface area (Å²) in [5.74, 6) is 0.501. The predicted molar refractivity (Wildman–Crippen MR) is 98.0 cm³/mol. The zero-order chi connectivity index (χ0) is 17.8. The molecule has 6 nitrogen and oxygen atoms in total. The molecule has 0 aromatic carbocycles. The molecule has 25 heavy (non-hydrogen) atoms. The minimum atomic E-state index is -0.361. The van der Waals surface area contributed by atoms with Crippen LogP contribution in [0, 0.1) is 0 Å². The number of carbonyl (C=O) groups excluding carboxylic acids is 1. The first-order valence-corrected chi connectivity index (χ1v) is 9.80. The predicted octanol–water partition coefficient (Wildman–Crippen LogP) is 4.34. The van der Waals surface area contributed by atoms with Gasteiger partial charge in [-0.05, 0) is 25.3 Å². The molecule has 0 fully saturated rings. The van der Waals surface area contributed by atoms with Gasteiger partial charge in [0, 0.05) is 12.4 Å². The molecule has 3 rings (SSSR count). The number of hydrogen-bond donors (Lipinski definition) is 0. The molecule has 3 aromatic heterocycles. The summed E-state index contributed by atoms with van der Waals surface area (Å²) < 4.78 is 11.5. The van der Waals surface area contributed by atoms with Crippen LogP contribution in [0.3, 0.4) is 0 Å². The fourth-order valence-electron chi connectivity index (χ4n) is 2.10. The number of carbonyl (C=O) groups is 1. The molecule has 3 aromatic rings. The molecule has 0 aliphatic heterocycles. The molecule has 0 spiro atoms. The number of thioether (sulfide) groups is 1. The van der Waals surface area contributed by atoms with E-state index in [-0.39, 0.29) is 12.4 Å². The van der Waals surface area contributed by atoms with Gasteiger partial charge < -0.3 is 9.15 Å². The third-order valence-electron chi connectivity index (χ3n) is 3.17. The van der Waals surface area contributed by atoms with Crippen LogP contribution in [0.25, 0.3) is 22.1 Å². The van der Waals surface area contributed by atoms with Gasteiger partial charge in [-0.2, -0.15) is 0 Å². The summed E-state index contributed by atoms with van der Waals surface area (Å²) >= 11 is 8.82. The lowest BCUT2D eigenvalue weighted by molar-refractivity contribution is -0.142. The molecule has 0 N–H and O–H groups in total. The van der Waals surface area contributed by atoms with Crippen molar-refractivity contribution in [1.82, 2.24) is 15.0 Å². The molecule has 0 radical (unpaired) electrons. The second-order valence-electron chi connectivity index (χ2n) is 4.84. The number of rotatable bonds is 6. The standard InChI is InChI=1S/C16H14ClN3O3S2/c1-3-22-13(21)6-10-14(11-4-5-12(17)25-11)23-15(20-10)9-7-18-16(24-2)19-8-9/h4-5,7-8H,3,6H2,1-2H3. The van der Waals surface area contributed by atoms with E-state index < -0.39 is 0 Å². The summed E-state index contributed by atoms with van der Waals surface area (Å²) in [6.45, 7) is 2.07. The number of ether oxygens (including phenoxy) is 1. The zero-order valence-electron chi connectivity index (χ0n) is 13.5. The molecular formula is C16H14ClN3O3S2. The fraction of sp³-hybridized carbons (Fsp3) is 0.250. The molecule has 0 bridgehead atoms. The van der Waals surface area contributed by atoms with E-state index in [0.29, 0.717) is 39.0 Å². The SMILES string of the molecule is CCOC(=O)Cc1nc(-c2cnc(SC)nc2)oc1-c1ccc(Cl)s1. The topological polar surface area (TPSA) is 78.1 Å². The Bertz CT molecular complexity index is 877. The highest BCUT2D eigenvalue weighted by Gasteiger charge is 2.21. The molecule has 9 heteroatoms. The third kappa shape index (κ3) is 4.20. The monoisotopic (exact) mass is 395 g/mol. The van der Waals surface area contributed by atoms with Gasteiger partial charge in [0.15, 0.2) is 10.9 Å². The Labute approximate surface area is 157 Å². The summed E-state index contributed by atoms with van der Waals surface area (Å²) in [7, 11) is 0. The Hall–Kier alpha value is -1.90. The van der Waals surface area contributed by atoms with E-state index >= 15 is 0 Å². The molecule has 0 saturated carbocycles. The van der Waals surface area contributed by atoms with E-state index in [0.717, 1.165) is 4.88 Å². The van der Waals surface area contributed by atoms with Gasteiger partial charge in [-0.1, -0.05) is 23.4 Å². The molecule has 130 valence electrons. The van der Waals surface area contributed by atoms with Gasteiger partial charge in [-0.15, -0.1) is 11.3 Å². The van der Waals surface area contributed by atoms with Crippen LogP contribution in [-0.2, 0) is 16.0 Å². The van der Waals surface area contributed by atoms with Crippen LogP contribution in [0.1, 0.15) is 12.6 Å². The number of thiophene rings is 1. The second-order valence-corrected chi connectivity index (χ2v) is 7.33. The van der Waals surface area contributed by atoms with Crippen molar-refractivity contribution >= 4 is 40.7 Å². The van der Waals surface area contributed by atoms with Crippen LogP contribution >= 0.6 is 34.7 Å². The summed E-state index contributed by atoms with van der Waals surface area (Å²) in [6.07, 6.45) is 5.20. The molecule has 0 saturated heterocycles. The lowest BCUT2D eigenvalue weighted by Crippen LogP contribution is -2.08. The van der Waals surface area contributed by atoms with Crippen molar-refractivity contribution in [1.29, 1.82) is 0 Å². The zero-order valence-corrected chi connectivity index (χ0v) is 15.9. The normalized spacial score (nSPS) is 10.8. The van der Waals surface area contributed by atoms with Gasteiger partial charge in [-0.3, -0.25) is 4.79 Å². The van der Waals surface area contributed by atoms with Crippen LogP contribution in [0.5, 0.6) is 0 Å². The van der Waals surface area contributed by atoms with Gasteiger partial charge in [0.1, 0.15) is 0 Å². The first kappa shape index (κ1) is 17.9. The molecular weight excluding hydrogens is 382 g/mol. The average Bonchev–Trinajstić information content (AvgIpc) is 3.21. The van der Waals surface area contributed by atoms with Crippen LogP contribution in [0.2, 0.25) is 4.34 Å². The van der Waals surface area contributed by atoms with E-state index in [4.69, 9.17) is 20.8 Å². The highest BCUT2D eigenvalue weighted by Crippen LogP contribution is 2.36. The Morgan fingerprint density at radius 2 is 2.12 bits per heavy atom. The third-order valence-corrected chi connectivity index (χ3v) is 4.98. The smallest absolute Gasteiger partial charge is 0.312 e. The van der Waals surface area contributed by atoms with Crippen molar-refractivity contribution in [2.24, 2.45) is 0 Å².